The van der Waals surface area contributed by atoms with Gasteiger partial charge < -0.3 is 37.2 Å². The molecule has 0 bridgehead atoms. The maximum atomic E-state index is 2.34. The number of aryl methyl sites for hydroxylation is 3. The van der Waals surface area contributed by atoms with Crippen molar-refractivity contribution in [2.24, 2.45) is 0 Å². The average Bonchev–Trinajstić information content (AvgIpc) is 2.77. The summed E-state index contributed by atoms with van der Waals surface area (Å²) in [4.78, 5) is 0. The summed E-state index contributed by atoms with van der Waals surface area (Å²) in [5.41, 5.74) is 7.07. The van der Waals surface area contributed by atoms with Crippen molar-refractivity contribution in [2.45, 2.75) is 40.0 Å². The van der Waals surface area contributed by atoms with Crippen LogP contribution in [-0.4, -0.2) is 0 Å². The predicted molar refractivity (Wildman–Crippen MR) is 74.8 cm³/mol. The molecule has 0 saturated heterocycles. The van der Waals surface area contributed by atoms with E-state index in [1.165, 1.54) is 27.8 Å². The van der Waals surface area contributed by atoms with Crippen LogP contribution in [0.25, 0.3) is 0 Å². The van der Waals surface area contributed by atoms with Crippen molar-refractivity contribution in [3.05, 3.63) is 64.2 Å². The van der Waals surface area contributed by atoms with Crippen LogP contribution in [0.2, 0.25) is 0 Å². The Balaban J connectivity index is -0.000000810. The molecule has 0 unspecified atom stereocenters. The topological polar surface area (TPSA) is 0 Å². The van der Waals surface area contributed by atoms with E-state index < -0.39 is 0 Å². The molecule has 0 atom stereocenters. The number of rotatable bonds is 2. The van der Waals surface area contributed by atoms with Crippen LogP contribution in [0, 0.1) is 20.8 Å². The van der Waals surface area contributed by atoms with Crippen molar-refractivity contribution in [3.8, 4) is 0 Å². The molecule has 0 N–H and O–H groups in total. The van der Waals surface area contributed by atoms with Crippen LogP contribution in [0.1, 0.15) is 41.7 Å². The van der Waals surface area contributed by atoms with Gasteiger partial charge in [-0.3, -0.25) is 0 Å². The third-order valence-corrected chi connectivity index (χ3v) is 3.90. The third kappa shape index (κ3) is 5.37. The molecular formula is C17H21Cl3Ti. The van der Waals surface area contributed by atoms with Gasteiger partial charge in [0.15, 0.2) is 0 Å². The van der Waals surface area contributed by atoms with Gasteiger partial charge in [-0.2, -0.15) is 12.1 Å². The molecule has 0 spiro atoms. The van der Waals surface area contributed by atoms with Crippen molar-refractivity contribution in [1.82, 2.24) is 0 Å². The fourth-order valence-corrected chi connectivity index (χ4v) is 2.58. The standard InChI is InChI=1S/C17H21.3ClH.Ti/c1-12-10-14(3)16(11-13(12)2)17(4,5)15-8-6-7-9-15;;;;/h6-11H,1-5H3;3*1H;/q-1;;;;+4/p-3. The molecule has 0 nitrogen and oxygen atoms in total. The zero-order chi connectivity index (χ0) is 12.6. The second-order valence-electron chi connectivity index (χ2n) is 5.55. The van der Waals surface area contributed by atoms with Crippen LogP contribution in [-0.2, 0) is 27.1 Å². The van der Waals surface area contributed by atoms with Crippen molar-refractivity contribution >= 4 is 0 Å². The third-order valence-electron chi connectivity index (χ3n) is 3.90. The first-order chi connectivity index (χ1) is 7.93. The summed E-state index contributed by atoms with van der Waals surface area (Å²) in [6.45, 7) is 11.2. The summed E-state index contributed by atoms with van der Waals surface area (Å²) in [7, 11) is 0. The van der Waals surface area contributed by atoms with E-state index in [0.29, 0.717) is 0 Å². The summed E-state index contributed by atoms with van der Waals surface area (Å²) in [6.07, 6.45) is 0. The van der Waals surface area contributed by atoms with E-state index in [2.05, 4.69) is 71.0 Å². The Morgan fingerprint density at radius 2 is 1.19 bits per heavy atom. The monoisotopic (exact) mass is 378 g/mol. The zero-order valence-electron chi connectivity index (χ0n) is 13.1. The molecule has 2 rings (SSSR count). The van der Waals surface area contributed by atoms with Crippen molar-refractivity contribution in [2.75, 3.05) is 0 Å². The second-order valence-corrected chi connectivity index (χ2v) is 5.55. The molecule has 0 fully saturated rings. The first kappa shape index (κ1) is 26.1. The molecule has 0 radical (unpaired) electrons. The number of benzene rings is 1. The second kappa shape index (κ2) is 10.0. The minimum atomic E-state index is 0. The molecule has 21 heavy (non-hydrogen) atoms. The van der Waals surface area contributed by atoms with Gasteiger partial charge in [0.05, 0.1) is 0 Å². The fraction of sp³-hybridized carbons (Fsp3) is 0.353. The normalized spacial score (nSPS) is 9.57. The van der Waals surface area contributed by atoms with E-state index in [4.69, 9.17) is 0 Å². The van der Waals surface area contributed by atoms with E-state index in [0.717, 1.165) is 0 Å². The van der Waals surface area contributed by atoms with Gasteiger partial charge in [-0.15, -0.1) is 5.56 Å². The minimum absolute atomic E-state index is 0. The maximum Gasteiger partial charge on any atom is 4.00 e. The number of hydrogen-bond donors (Lipinski definition) is 0. The molecule has 0 aliphatic heterocycles. The first-order valence-corrected chi connectivity index (χ1v) is 6.23. The Bertz CT molecular complexity index is 531. The Labute approximate surface area is 162 Å². The largest absolute Gasteiger partial charge is 4.00 e. The van der Waals surface area contributed by atoms with Crippen molar-refractivity contribution in [3.63, 3.8) is 0 Å². The molecule has 0 saturated carbocycles. The van der Waals surface area contributed by atoms with Gasteiger partial charge in [0.1, 0.15) is 0 Å². The van der Waals surface area contributed by atoms with Crippen LogP contribution in [0.3, 0.4) is 0 Å². The molecular weight excluding hydrogens is 358 g/mol. The molecule has 0 aromatic heterocycles. The molecule has 0 amide bonds. The van der Waals surface area contributed by atoms with Crippen LogP contribution in [0.4, 0.5) is 0 Å². The molecule has 0 aliphatic rings. The summed E-state index contributed by atoms with van der Waals surface area (Å²) in [5, 5.41) is 0. The van der Waals surface area contributed by atoms with Gasteiger partial charge in [0, 0.05) is 0 Å². The molecule has 0 heterocycles. The van der Waals surface area contributed by atoms with Crippen molar-refractivity contribution in [1.29, 1.82) is 0 Å². The Hall–Kier alpha value is 0.154. The first-order valence-electron chi connectivity index (χ1n) is 6.23. The molecule has 0 aliphatic carbocycles. The Morgan fingerprint density at radius 3 is 1.67 bits per heavy atom. The molecule has 2 aromatic carbocycles. The smallest absolute Gasteiger partial charge is 1.00 e. The van der Waals surface area contributed by atoms with Crippen LogP contribution in [0.5, 0.6) is 0 Å². The van der Waals surface area contributed by atoms with Crippen LogP contribution < -0.4 is 37.2 Å². The van der Waals surface area contributed by atoms with E-state index in [9.17, 15) is 0 Å². The number of halogens is 3. The summed E-state index contributed by atoms with van der Waals surface area (Å²) in [6, 6.07) is 13.3. The predicted octanol–water partition coefficient (Wildman–Crippen LogP) is -4.33. The van der Waals surface area contributed by atoms with Gasteiger partial charge in [0.25, 0.3) is 0 Å². The Kier molecular flexibility index (Phi) is 12.5. The van der Waals surface area contributed by atoms with Gasteiger partial charge >= 0.3 is 21.7 Å². The summed E-state index contributed by atoms with van der Waals surface area (Å²) in [5.74, 6) is 0. The Morgan fingerprint density at radius 1 is 0.762 bits per heavy atom. The van der Waals surface area contributed by atoms with Gasteiger partial charge in [-0.25, -0.2) is 12.1 Å². The summed E-state index contributed by atoms with van der Waals surface area (Å²) >= 11 is 0. The van der Waals surface area contributed by atoms with Gasteiger partial charge in [-0.1, -0.05) is 26.0 Å². The zero-order valence-corrected chi connectivity index (χ0v) is 16.9. The van der Waals surface area contributed by atoms with E-state index in [1.807, 2.05) is 0 Å². The average molecular weight is 380 g/mol. The molecule has 2 aromatic rings. The van der Waals surface area contributed by atoms with Gasteiger partial charge in [0.2, 0.25) is 0 Å². The SMILES string of the molecule is Cc1cc(C)c(C(C)(C)[c-]2cccc2)cc1C.[Cl-].[Cl-].[Cl-].[Ti+4]. The maximum absolute atomic E-state index is 2.34. The van der Waals surface area contributed by atoms with Crippen molar-refractivity contribution < 1.29 is 58.9 Å². The molecule has 114 valence electrons. The van der Waals surface area contributed by atoms with Crippen LogP contribution >= 0.6 is 0 Å². The van der Waals surface area contributed by atoms with E-state index >= 15 is 0 Å². The minimum Gasteiger partial charge on any atom is -1.00 e. The molecule has 4 heteroatoms. The fourth-order valence-electron chi connectivity index (χ4n) is 2.58. The van der Waals surface area contributed by atoms with E-state index in [1.54, 1.807) is 0 Å². The summed E-state index contributed by atoms with van der Waals surface area (Å²) < 4.78 is 0. The quantitative estimate of drug-likeness (QED) is 0.366. The van der Waals surface area contributed by atoms with Crippen LogP contribution in [0.15, 0.2) is 36.4 Å². The van der Waals surface area contributed by atoms with Gasteiger partial charge in [-0.05, 0) is 48.4 Å². The van der Waals surface area contributed by atoms with E-state index in [-0.39, 0.29) is 64.4 Å². The number of hydrogen-bond acceptors (Lipinski definition) is 0.